The first-order valence-corrected chi connectivity index (χ1v) is 17.4. The molecule has 0 heterocycles. The van der Waals surface area contributed by atoms with Crippen LogP contribution in [-0.4, -0.2) is 18.4 Å². The van der Waals surface area contributed by atoms with Crippen molar-refractivity contribution in [1.82, 2.24) is 0 Å². The van der Waals surface area contributed by atoms with E-state index in [1.807, 2.05) is 0 Å². The summed E-state index contributed by atoms with van der Waals surface area (Å²) in [6.45, 7) is 18.2. The van der Waals surface area contributed by atoms with Gasteiger partial charge in [-0.05, 0) is 0 Å². The van der Waals surface area contributed by atoms with Crippen LogP contribution in [0.15, 0.2) is 22.3 Å². The van der Waals surface area contributed by atoms with Crippen LogP contribution < -0.4 is 0 Å². The number of hydrogen-bond donors (Lipinski definition) is 0. The molecule has 0 rings (SSSR count). The number of allylic oxidation sites excluding steroid dienone is 2. The van der Waals surface area contributed by atoms with Gasteiger partial charge in [-0.1, -0.05) is 0 Å². The Kier molecular flexibility index (Phi) is 11.9. The Bertz CT molecular complexity index is 298. The van der Waals surface area contributed by atoms with E-state index in [0.29, 0.717) is 5.41 Å². The van der Waals surface area contributed by atoms with Gasteiger partial charge in [0, 0.05) is 0 Å². The molecular weight excluding hydrogens is 371 g/mol. The van der Waals surface area contributed by atoms with Gasteiger partial charge in [-0.3, -0.25) is 0 Å². The normalized spacial score (nSPS) is 13.5. The van der Waals surface area contributed by atoms with E-state index in [1.54, 1.807) is 18.9 Å². The van der Waals surface area contributed by atoms with Crippen molar-refractivity contribution in [3.63, 3.8) is 0 Å². The van der Waals surface area contributed by atoms with Crippen LogP contribution in [0.25, 0.3) is 0 Å². The maximum atomic E-state index is 4.01. The second-order valence-corrected chi connectivity index (χ2v) is 21.0. The zero-order valence-corrected chi connectivity index (χ0v) is 19.3. The predicted molar refractivity (Wildman–Crippen MR) is 107 cm³/mol. The summed E-state index contributed by atoms with van der Waals surface area (Å²) in [5, 5.41) is 0. The second-order valence-electron chi connectivity index (χ2n) is 8.09. The predicted octanol–water partition coefficient (Wildman–Crippen LogP) is 7.92. The third-order valence-electron chi connectivity index (χ3n) is 4.89. The molecule has 0 fully saturated rings. The summed E-state index contributed by atoms with van der Waals surface area (Å²) >= 11 is -2.15. The summed E-state index contributed by atoms with van der Waals surface area (Å²) in [7, 11) is 0. The summed E-state index contributed by atoms with van der Waals surface area (Å²) in [5.74, 6) is 0. The van der Waals surface area contributed by atoms with Gasteiger partial charge in [0.1, 0.15) is 0 Å². The van der Waals surface area contributed by atoms with Crippen molar-refractivity contribution < 1.29 is 0 Å². The Morgan fingerprint density at radius 3 is 1.55 bits per heavy atom. The van der Waals surface area contributed by atoms with Crippen LogP contribution >= 0.6 is 0 Å². The molecule has 0 aliphatic heterocycles. The summed E-state index contributed by atoms with van der Waals surface area (Å²) in [6.07, 6.45) is 11.6. The molecule has 0 aliphatic carbocycles. The van der Waals surface area contributed by atoms with Crippen molar-refractivity contribution in [2.45, 2.75) is 99.8 Å². The van der Waals surface area contributed by atoms with Gasteiger partial charge in [-0.15, -0.1) is 0 Å². The van der Waals surface area contributed by atoms with Crippen molar-refractivity contribution in [3.8, 4) is 0 Å². The van der Waals surface area contributed by atoms with Gasteiger partial charge in [0.25, 0.3) is 0 Å². The fourth-order valence-corrected chi connectivity index (χ4v) is 19.4. The van der Waals surface area contributed by atoms with Crippen molar-refractivity contribution in [3.05, 3.63) is 22.3 Å². The van der Waals surface area contributed by atoms with E-state index in [1.165, 1.54) is 38.5 Å². The molecule has 0 N–H and O–H groups in total. The summed E-state index contributed by atoms with van der Waals surface area (Å²) < 4.78 is 7.61. The van der Waals surface area contributed by atoms with Gasteiger partial charge in [0.15, 0.2) is 0 Å². The van der Waals surface area contributed by atoms with Gasteiger partial charge >= 0.3 is 146 Å². The van der Waals surface area contributed by atoms with E-state index in [-0.39, 0.29) is 0 Å². The quantitative estimate of drug-likeness (QED) is 0.225. The van der Waals surface area contributed by atoms with E-state index in [0.717, 1.165) is 6.42 Å². The molecule has 130 valence electrons. The molecule has 0 aromatic rings. The van der Waals surface area contributed by atoms with Gasteiger partial charge in [-0.25, -0.2) is 0 Å². The third-order valence-corrected chi connectivity index (χ3v) is 19.2. The average molecular weight is 413 g/mol. The Labute approximate surface area is 145 Å². The number of hydrogen-bond acceptors (Lipinski definition) is 0. The minimum absolute atomic E-state index is 0.307. The number of unbranched alkanes of at least 4 members (excludes halogenated alkanes) is 3. The summed E-state index contributed by atoms with van der Waals surface area (Å²) in [4.78, 5) is 0. The zero-order valence-electron chi connectivity index (χ0n) is 16.4. The van der Waals surface area contributed by atoms with Gasteiger partial charge in [0.2, 0.25) is 0 Å². The van der Waals surface area contributed by atoms with E-state index >= 15 is 0 Å². The molecule has 0 amide bonds. The molecule has 0 aromatic heterocycles. The van der Waals surface area contributed by atoms with Crippen LogP contribution in [0.5, 0.6) is 0 Å². The van der Waals surface area contributed by atoms with Crippen LogP contribution in [-0.2, 0) is 0 Å². The van der Waals surface area contributed by atoms with Crippen molar-refractivity contribution in [2.24, 2.45) is 5.41 Å². The Morgan fingerprint density at radius 2 is 1.27 bits per heavy atom. The average Bonchev–Trinajstić information content (AvgIpc) is 2.47. The third kappa shape index (κ3) is 8.79. The van der Waals surface area contributed by atoms with Crippen LogP contribution in [0, 0.1) is 5.41 Å². The second kappa shape index (κ2) is 11.8. The minimum atomic E-state index is -2.15. The molecule has 1 heteroatoms. The van der Waals surface area contributed by atoms with E-state index < -0.39 is 18.4 Å². The molecule has 0 radical (unpaired) electrons. The molecular formula is C21H42Sn. The fraction of sp³-hybridized carbons (Fsp3) is 0.810. The van der Waals surface area contributed by atoms with Gasteiger partial charge < -0.3 is 0 Å². The van der Waals surface area contributed by atoms with E-state index in [9.17, 15) is 0 Å². The maximum absolute atomic E-state index is 4.01. The first-order valence-electron chi connectivity index (χ1n) is 9.68. The molecule has 22 heavy (non-hydrogen) atoms. The Hall–Kier alpha value is 0.279. The standard InChI is InChI=1S/C9H15.3C4H9.Sn/c1-6-7-8(2)9(3,4)5;3*1-3-4-2;/h2,6H,1,7H2,3-5H3;3*1,3-4H2,2H3;. The van der Waals surface area contributed by atoms with Crippen molar-refractivity contribution in [2.75, 3.05) is 0 Å². The molecule has 0 saturated carbocycles. The molecule has 0 nitrogen and oxygen atoms in total. The molecule has 0 spiro atoms. The molecule has 0 unspecified atom stereocenters. The molecule has 0 saturated heterocycles. The van der Waals surface area contributed by atoms with Crippen LogP contribution in [0.1, 0.15) is 86.5 Å². The van der Waals surface area contributed by atoms with Crippen molar-refractivity contribution in [1.29, 1.82) is 0 Å². The van der Waals surface area contributed by atoms with Gasteiger partial charge in [0.05, 0.1) is 0 Å². The van der Waals surface area contributed by atoms with E-state index in [4.69, 9.17) is 0 Å². The van der Waals surface area contributed by atoms with Crippen LogP contribution in [0.4, 0.5) is 0 Å². The SMILES string of the molecule is C=CC/C(=[CH]/[Sn]([CH2]CCC)([CH2]CCC)[CH2]CCC)C(C)(C)C. The Morgan fingerprint density at radius 1 is 0.864 bits per heavy atom. The summed E-state index contributed by atoms with van der Waals surface area (Å²) in [5.41, 5.74) is 1.99. The fourth-order valence-electron chi connectivity index (χ4n) is 3.28. The Balaban J connectivity index is 5.55. The topological polar surface area (TPSA) is 0 Å². The van der Waals surface area contributed by atoms with Crippen molar-refractivity contribution >= 4 is 18.4 Å². The first kappa shape index (κ1) is 22.3. The number of rotatable bonds is 12. The van der Waals surface area contributed by atoms with Crippen LogP contribution in [0.3, 0.4) is 0 Å². The summed E-state index contributed by atoms with van der Waals surface area (Å²) in [6, 6.07) is 0. The van der Waals surface area contributed by atoms with Gasteiger partial charge in [-0.2, -0.15) is 0 Å². The van der Waals surface area contributed by atoms with Crippen LogP contribution in [0.2, 0.25) is 13.3 Å². The molecule has 0 bridgehead atoms. The molecule has 0 atom stereocenters. The molecule has 0 aromatic carbocycles. The first-order chi connectivity index (χ1) is 10.3. The zero-order chi connectivity index (χ0) is 17.1. The monoisotopic (exact) mass is 414 g/mol. The van der Waals surface area contributed by atoms with E-state index in [2.05, 4.69) is 58.3 Å². The molecule has 0 aliphatic rings.